The van der Waals surface area contributed by atoms with Crippen molar-refractivity contribution < 1.29 is 0 Å². The van der Waals surface area contributed by atoms with Crippen molar-refractivity contribution >= 4 is 12.4 Å². The van der Waals surface area contributed by atoms with E-state index in [1.54, 1.807) is 0 Å². The lowest BCUT2D eigenvalue weighted by Gasteiger charge is -2.42. The summed E-state index contributed by atoms with van der Waals surface area (Å²) in [6, 6.07) is 2.88. The van der Waals surface area contributed by atoms with Crippen molar-refractivity contribution in [2.75, 3.05) is 13.1 Å². The number of nitrogens with two attached hydrogens (primary N) is 1. The minimum absolute atomic E-state index is 0. The van der Waals surface area contributed by atoms with Gasteiger partial charge in [-0.2, -0.15) is 5.10 Å². The molecule has 1 aliphatic heterocycles. The maximum absolute atomic E-state index is 6.18. The van der Waals surface area contributed by atoms with Crippen LogP contribution < -0.4 is 5.73 Å². The van der Waals surface area contributed by atoms with Crippen LogP contribution in [-0.2, 0) is 6.54 Å². The molecule has 0 radical (unpaired) electrons. The SMILES string of the molecule is CC(C)n1nccc1CN1CCC(N)C(C)(C)C1.Cl. The van der Waals surface area contributed by atoms with E-state index in [0.29, 0.717) is 12.1 Å². The van der Waals surface area contributed by atoms with Gasteiger partial charge >= 0.3 is 0 Å². The van der Waals surface area contributed by atoms with Crippen molar-refractivity contribution in [3.8, 4) is 0 Å². The molecule has 1 fully saturated rings. The molecule has 0 aliphatic carbocycles. The van der Waals surface area contributed by atoms with Crippen LogP contribution in [0.2, 0.25) is 0 Å². The topological polar surface area (TPSA) is 47.1 Å². The van der Waals surface area contributed by atoms with Crippen LogP contribution >= 0.6 is 12.4 Å². The average Bonchev–Trinajstić information content (AvgIpc) is 2.71. The molecular weight excluding hydrogens is 260 g/mol. The summed E-state index contributed by atoms with van der Waals surface area (Å²) in [6.45, 7) is 12.0. The summed E-state index contributed by atoms with van der Waals surface area (Å²) in [5, 5.41) is 4.40. The van der Waals surface area contributed by atoms with Gasteiger partial charge in [0.25, 0.3) is 0 Å². The Balaban J connectivity index is 0.00000180. The smallest absolute Gasteiger partial charge is 0.0527 e. The number of halogens is 1. The van der Waals surface area contributed by atoms with Gasteiger partial charge in [-0.3, -0.25) is 9.58 Å². The van der Waals surface area contributed by atoms with Gasteiger partial charge in [-0.1, -0.05) is 13.8 Å². The quantitative estimate of drug-likeness (QED) is 0.928. The molecular formula is C14H27ClN4. The summed E-state index contributed by atoms with van der Waals surface area (Å²) in [5.74, 6) is 0. The first-order chi connectivity index (χ1) is 8.40. The highest BCUT2D eigenvalue weighted by atomic mass is 35.5. The molecule has 19 heavy (non-hydrogen) atoms. The summed E-state index contributed by atoms with van der Waals surface area (Å²) in [4.78, 5) is 2.50. The van der Waals surface area contributed by atoms with E-state index in [-0.39, 0.29) is 17.8 Å². The van der Waals surface area contributed by atoms with Crippen LogP contribution in [0.3, 0.4) is 0 Å². The van der Waals surface area contributed by atoms with Crippen LogP contribution in [0, 0.1) is 5.41 Å². The summed E-state index contributed by atoms with van der Waals surface area (Å²) < 4.78 is 2.11. The van der Waals surface area contributed by atoms with Gasteiger partial charge in [-0.05, 0) is 31.7 Å². The van der Waals surface area contributed by atoms with Crippen LogP contribution in [0.15, 0.2) is 12.3 Å². The maximum Gasteiger partial charge on any atom is 0.0527 e. The van der Waals surface area contributed by atoms with Gasteiger partial charge in [-0.25, -0.2) is 0 Å². The zero-order chi connectivity index (χ0) is 13.3. The second-order valence-corrected chi connectivity index (χ2v) is 6.46. The largest absolute Gasteiger partial charge is 0.327 e. The average molecular weight is 287 g/mol. The molecule has 1 atom stereocenters. The molecule has 1 aliphatic rings. The molecule has 2 heterocycles. The summed E-state index contributed by atoms with van der Waals surface area (Å²) in [7, 11) is 0. The number of rotatable bonds is 3. The lowest BCUT2D eigenvalue weighted by Crippen LogP contribution is -2.52. The lowest BCUT2D eigenvalue weighted by molar-refractivity contribution is 0.0874. The summed E-state index contributed by atoms with van der Waals surface area (Å²) >= 11 is 0. The van der Waals surface area contributed by atoms with Crippen molar-refractivity contribution in [2.45, 2.75) is 52.7 Å². The molecule has 1 aromatic heterocycles. The number of hydrogen-bond acceptors (Lipinski definition) is 3. The van der Waals surface area contributed by atoms with Gasteiger partial charge in [0.1, 0.15) is 0 Å². The van der Waals surface area contributed by atoms with E-state index in [4.69, 9.17) is 5.73 Å². The van der Waals surface area contributed by atoms with Gasteiger partial charge in [0, 0.05) is 37.9 Å². The number of aromatic nitrogens is 2. The van der Waals surface area contributed by atoms with Crippen LogP contribution in [0.1, 0.15) is 45.9 Å². The third-order valence-corrected chi connectivity index (χ3v) is 4.02. The molecule has 1 unspecified atom stereocenters. The van der Waals surface area contributed by atoms with E-state index in [9.17, 15) is 0 Å². The Morgan fingerprint density at radius 2 is 2.16 bits per heavy atom. The molecule has 5 heteroatoms. The van der Waals surface area contributed by atoms with Gasteiger partial charge in [0.15, 0.2) is 0 Å². The molecule has 2 N–H and O–H groups in total. The molecule has 4 nitrogen and oxygen atoms in total. The van der Waals surface area contributed by atoms with Crippen molar-refractivity contribution in [1.29, 1.82) is 0 Å². The molecule has 0 bridgehead atoms. The maximum atomic E-state index is 6.18. The van der Waals surface area contributed by atoms with Crippen LogP contribution in [0.5, 0.6) is 0 Å². The monoisotopic (exact) mass is 286 g/mol. The highest BCUT2D eigenvalue weighted by Gasteiger charge is 2.33. The Kier molecular flexibility index (Phi) is 5.42. The third kappa shape index (κ3) is 3.71. The highest BCUT2D eigenvalue weighted by molar-refractivity contribution is 5.85. The first-order valence-electron chi connectivity index (χ1n) is 6.90. The van der Waals surface area contributed by atoms with Gasteiger partial charge < -0.3 is 5.73 Å². The molecule has 2 rings (SSSR count). The van der Waals surface area contributed by atoms with Crippen molar-refractivity contribution in [3.63, 3.8) is 0 Å². The first kappa shape index (κ1) is 16.5. The number of likely N-dealkylation sites (tertiary alicyclic amines) is 1. The molecule has 0 aromatic carbocycles. The highest BCUT2D eigenvalue weighted by Crippen LogP contribution is 2.28. The predicted molar refractivity (Wildman–Crippen MR) is 81.5 cm³/mol. The Morgan fingerprint density at radius 3 is 2.74 bits per heavy atom. The molecule has 1 saturated heterocycles. The third-order valence-electron chi connectivity index (χ3n) is 4.02. The fraction of sp³-hybridized carbons (Fsp3) is 0.786. The summed E-state index contributed by atoms with van der Waals surface area (Å²) in [6.07, 6.45) is 2.99. The van der Waals surface area contributed by atoms with E-state index in [2.05, 4.69) is 48.4 Å². The molecule has 110 valence electrons. The fourth-order valence-corrected chi connectivity index (χ4v) is 2.78. The zero-order valence-corrected chi connectivity index (χ0v) is 13.3. The zero-order valence-electron chi connectivity index (χ0n) is 12.5. The Morgan fingerprint density at radius 1 is 1.47 bits per heavy atom. The van der Waals surface area contributed by atoms with Gasteiger partial charge in [-0.15, -0.1) is 12.4 Å². The van der Waals surface area contributed by atoms with Crippen LogP contribution in [-0.4, -0.2) is 33.8 Å². The minimum atomic E-state index is 0. The van der Waals surface area contributed by atoms with E-state index in [0.717, 1.165) is 26.1 Å². The number of piperidine rings is 1. The molecule has 0 saturated carbocycles. The second-order valence-electron chi connectivity index (χ2n) is 6.46. The van der Waals surface area contributed by atoms with Crippen LogP contribution in [0.4, 0.5) is 0 Å². The fourth-order valence-electron chi connectivity index (χ4n) is 2.78. The van der Waals surface area contributed by atoms with E-state index in [1.165, 1.54) is 5.69 Å². The number of hydrogen-bond donors (Lipinski definition) is 1. The van der Waals surface area contributed by atoms with E-state index >= 15 is 0 Å². The normalized spacial score (nSPS) is 23.4. The molecule has 0 spiro atoms. The minimum Gasteiger partial charge on any atom is -0.327 e. The summed E-state index contributed by atoms with van der Waals surface area (Å²) in [5.41, 5.74) is 7.69. The van der Waals surface area contributed by atoms with Crippen molar-refractivity contribution in [2.24, 2.45) is 11.1 Å². The second kappa shape index (κ2) is 6.25. The van der Waals surface area contributed by atoms with Crippen LogP contribution in [0.25, 0.3) is 0 Å². The lowest BCUT2D eigenvalue weighted by atomic mass is 9.80. The van der Waals surface area contributed by atoms with Crippen molar-refractivity contribution in [1.82, 2.24) is 14.7 Å². The Bertz CT molecular complexity index is 400. The predicted octanol–water partition coefficient (Wildman–Crippen LogP) is 2.45. The Labute approximate surface area is 122 Å². The first-order valence-corrected chi connectivity index (χ1v) is 6.90. The Hall–Kier alpha value is -0.580. The van der Waals surface area contributed by atoms with Gasteiger partial charge in [0.2, 0.25) is 0 Å². The van der Waals surface area contributed by atoms with E-state index in [1.807, 2.05) is 6.20 Å². The molecule has 0 amide bonds. The van der Waals surface area contributed by atoms with E-state index < -0.39 is 0 Å². The molecule has 1 aromatic rings. The van der Waals surface area contributed by atoms with Crippen molar-refractivity contribution in [3.05, 3.63) is 18.0 Å². The number of nitrogens with zero attached hydrogens (tertiary/aromatic N) is 3. The standard InChI is InChI=1S/C14H26N4.ClH/c1-11(2)18-12(5-7-16-18)9-17-8-6-13(15)14(3,4)10-17;/h5,7,11,13H,6,8-10,15H2,1-4H3;1H. The van der Waals surface area contributed by atoms with Gasteiger partial charge in [0.05, 0.1) is 5.69 Å².